The highest BCUT2D eigenvalue weighted by Gasteiger charge is 2.28. The lowest BCUT2D eigenvalue weighted by molar-refractivity contribution is -0.127. The molecule has 9 nitrogen and oxygen atoms in total. The number of amides is 2. The standard InChI is InChI=1S/C24H30N6O3S/c1-33-19-9-7-17(8-10-19)20-16-30-23(26-20)34-24(27-30)29-13-2-5-18(15-29)22(32)25-11-4-14-28-12-3-6-21(28)31/h7-10,16,18H,2-6,11-15H2,1H3,(H,25,32)/t18-/m0/s1. The van der Waals surface area contributed by atoms with E-state index in [1.165, 1.54) is 0 Å². The molecule has 2 aliphatic rings. The van der Waals surface area contributed by atoms with E-state index in [9.17, 15) is 9.59 Å². The number of imidazole rings is 1. The SMILES string of the molecule is COc1ccc(-c2cn3nc(N4CCC[C@H](C(=O)NCCCN5CCCC5=O)C4)sc3n2)cc1. The third-order valence-electron chi connectivity index (χ3n) is 6.56. The van der Waals surface area contributed by atoms with Gasteiger partial charge in [0.1, 0.15) is 5.75 Å². The smallest absolute Gasteiger partial charge is 0.224 e. The molecule has 0 radical (unpaired) electrons. The zero-order valence-corrected chi connectivity index (χ0v) is 20.2. The minimum Gasteiger partial charge on any atom is -0.497 e. The van der Waals surface area contributed by atoms with Gasteiger partial charge in [0.05, 0.1) is 24.9 Å². The van der Waals surface area contributed by atoms with Crippen molar-refractivity contribution < 1.29 is 14.3 Å². The van der Waals surface area contributed by atoms with Crippen LogP contribution < -0.4 is 15.0 Å². The summed E-state index contributed by atoms with van der Waals surface area (Å²) in [5.74, 6) is 1.10. The number of aromatic nitrogens is 3. The van der Waals surface area contributed by atoms with Crippen LogP contribution in [0.3, 0.4) is 0 Å². The predicted molar refractivity (Wildman–Crippen MR) is 131 cm³/mol. The van der Waals surface area contributed by atoms with E-state index in [1.54, 1.807) is 18.4 Å². The van der Waals surface area contributed by atoms with Crippen LogP contribution in [0.4, 0.5) is 5.13 Å². The predicted octanol–water partition coefficient (Wildman–Crippen LogP) is 2.81. The number of nitrogens with one attached hydrogen (secondary N) is 1. The van der Waals surface area contributed by atoms with E-state index in [0.717, 1.165) is 72.4 Å². The van der Waals surface area contributed by atoms with Crippen molar-refractivity contribution in [1.29, 1.82) is 0 Å². The van der Waals surface area contributed by atoms with Crippen LogP contribution in [-0.2, 0) is 9.59 Å². The summed E-state index contributed by atoms with van der Waals surface area (Å²) in [7, 11) is 1.65. The van der Waals surface area contributed by atoms with Gasteiger partial charge in [0.25, 0.3) is 0 Å². The van der Waals surface area contributed by atoms with Gasteiger partial charge < -0.3 is 19.9 Å². The molecule has 10 heteroatoms. The van der Waals surface area contributed by atoms with Crippen LogP contribution in [0.25, 0.3) is 16.2 Å². The first-order valence-corrected chi connectivity index (χ1v) is 12.7. The lowest BCUT2D eigenvalue weighted by Crippen LogP contribution is -2.43. The summed E-state index contributed by atoms with van der Waals surface area (Å²) < 4.78 is 7.05. The van der Waals surface area contributed by atoms with Gasteiger partial charge in [-0.3, -0.25) is 9.59 Å². The molecule has 0 saturated carbocycles. The van der Waals surface area contributed by atoms with Crippen molar-refractivity contribution in [3.8, 4) is 17.0 Å². The number of rotatable bonds is 8. The van der Waals surface area contributed by atoms with E-state index in [-0.39, 0.29) is 17.7 Å². The normalized spacial score (nSPS) is 18.6. The molecule has 2 aliphatic heterocycles. The Bertz CT molecular complexity index is 1130. The summed E-state index contributed by atoms with van der Waals surface area (Å²) in [6.07, 6.45) is 6.20. The molecular weight excluding hydrogens is 452 g/mol. The molecule has 5 rings (SSSR count). The highest BCUT2D eigenvalue weighted by atomic mass is 32.1. The number of hydrogen-bond donors (Lipinski definition) is 1. The van der Waals surface area contributed by atoms with E-state index in [2.05, 4.69) is 10.2 Å². The zero-order valence-electron chi connectivity index (χ0n) is 19.4. The molecule has 34 heavy (non-hydrogen) atoms. The maximum atomic E-state index is 12.7. The summed E-state index contributed by atoms with van der Waals surface area (Å²) in [5, 5.41) is 8.71. The van der Waals surface area contributed by atoms with E-state index in [1.807, 2.05) is 39.9 Å². The Balaban J connectivity index is 1.16. The van der Waals surface area contributed by atoms with Crippen molar-refractivity contribution in [2.45, 2.75) is 32.1 Å². The maximum Gasteiger partial charge on any atom is 0.224 e. The number of fused-ring (bicyclic) bond motifs is 1. The van der Waals surface area contributed by atoms with Gasteiger partial charge in [-0.25, -0.2) is 9.50 Å². The molecule has 2 saturated heterocycles. The van der Waals surface area contributed by atoms with Crippen molar-refractivity contribution in [2.24, 2.45) is 5.92 Å². The molecule has 0 unspecified atom stereocenters. The monoisotopic (exact) mass is 482 g/mol. The average Bonchev–Trinajstić information content (AvgIpc) is 3.57. The second kappa shape index (κ2) is 10.0. The number of anilines is 1. The number of likely N-dealkylation sites (tertiary alicyclic amines) is 1. The molecule has 1 atom stereocenters. The van der Waals surface area contributed by atoms with Gasteiger partial charge in [0, 0.05) is 44.7 Å². The second-order valence-corrected chi connectivity index (χ2v) is 9.81. The van der Waals surface area contributed by atoms with Gasteiger partial charge in [-0.15, -0.1) is 5.10 Å². The third-order valence-corrected chi connectivity index (χ3v) is 7.54. The summed E-state index contributed by atoms with van der Waals surface area (Å²) in [4.78, 5) is 34.1. The Morgan fingerprint density at radius 1 is 1.24 bits per heavy atom. The molecule has 2 amide bonds. The summed E-state index contributed by atoms with van der Waals surface area (Å²) >= 11 is 1.55. The van der Waals surface area contributed by atoms with Crippen LogP contribution in [0.15, 0.2) is 30.5 Å². The summed E-state index contributed by atoms with van der Waals surface area (Å²) in [5.41, 5.74) is 1.89. The quantitative estimate of drug-likeness (QED) is 0.497. The summed E-state index contributed by atoms with van der Waals surface area (Å²) in [6, 6.07) is 7.82. The van der Waals surface area contributed by atoms with E-state index >= 15 is 0 Å². The van der Waals surface area contributed by atoms with Gasteiger partial charge in [0.2, 0.25) is 21.9 Å². The van der Waals surface area contributed by atoms with Crippen LogP contribution in [0, 0.1) is 5.92 Å². The average molecular weight is 483 g/mol. The Labute approximate surface area is 202 Å². The first-order chi connectivity index (χ1) is 16.6. The van der Waals surface area contributed by atoms with Crippen LogP contribution in [0.2, 0.25) is 0 Å². The molecule has 1 N–H and O–H groups in total. The van der Waals surface area contributed by atoms with Gasteiger partial charge in [-0.05, 0) is 49.9 Å². The number of methoxy groups -OCH3 is 1. The van der Waals surface area contributed by atoms with Crippen molar-refractivity contribution in [3.63, 3.8) is 0 Å². The lowest BCUT2D eigenvalue weighted by Gasteiger charge is -2.31. The largest absolute Gasteiger partial charge is 0.497 e. The van der Waals surface area contributed by atoms with Crippen molar-refractivity contribution in [1.82, 2.24) is 24.8 Å². The lowest BCUT2D eigenvalue weighted by atomic mass is 9.97. The Kier molecular flexibility index (Phi) is 6.66. The topological polar surface area (TPSA) is 92.1 Å². The molecule has 0 spiro atoms. The van der Waals surface area contributed by atoms with Crippen LogP contribution >= 0.6 is 11.3 Å². The van der Waals surface area contributed by atoms with Gasteiger partial charge in [-0.1, -0.05) is 11.3 Å². The molecule has 180 valence electrons. The maximum absolute atomic E-state index is 12.7. The Morgan fingerprint density at radius 2 is 2.09 bits per heavy atom. The second-order valence-electron chi connectivity index (χ2n) is 8.88. The van der Waals surface area contributed by atoms with Crippen LogP contribution in [0.5, 0.6) is 5.75 Å². The molecule has 0 aliphatic carbocycles. The first-order valence-electron chi connectivity index (χ1n) is 11.9. The molecular formula is C24H30N6O3S. The molecule has 2 fully saturated rings. The molecule has 2 aromatic heterocycles. The highest BCUT2D eigenvalue weighted by Crippen LogP contribution is 2.30. The van der Waals surface area contributed by atoms with Gasteiger partial charge in [0.15, 0.2) is 0 Å². The van der Waals surface area contributed by atoms with Crippen LogP contribution in [0.1, 0.15) is 32.1 Å². The Hall–Kier alpha value is -3.14. The fraction of sp³-hybridized carbons (Fsp3) is 0.500. The zero-order chi connectivity index (χ0) is 23.5. The third kappa shape index (κ3) is 4.86. The number of carbonyl (C=O) groups is 2. The van der Waals surface area contributed by atoms with Crippen LogP contribution in [-0.4, -0.2) is 71.1 Å². The number of benzene rings is 1. The van der Waals surface area contributed by atoms with E-state index < -0.39 is 0 Å². The van der Waals surface area contributed by atoms with E-state index in [4.69, 9.17) is 14.8 Å². The number of ether oxygens (including phenoxy) is 1. The fourth-order valence-corrected chi connectivity index (χ4v) is 5.57. The van der Waals surface area contributed by atoms with Crippen molar-refractivity contribution >= 4 is 33.2 Å². The minimum atomic E-state index is -0.0479. The number of carbonyl (C=O) groups excluding carboxylic acids is 2. The number of piperidine rings is 1. The van der Waals surface area contributed by atoms with Crippen molar-refractivity contribution in [2.75, 3.05) is 44.7 Å². The van der Waals surface area contributed by atoms with E-state index in [0.29, 0.717) is 19.5 Å². The first kappa shape index (κ1) is 22.6. The summed E-state index contributed by atoms with van der Waals surface area (Å²) in [6.45, 7) is 3.75. The van der Waals surface area contributed by atoms with Gasteiger partial charge in [-0.2, -0.15) is 0 Å². The van der Waals surface area contributed by atoms with Gasteiger partial charge >= 0.3 is 0 Å². The molecule has 0 bridgehead atoms. The molecule has 4 heterocycles. The minimum absolute atomic E-state index is 0.0479. The molecule has 1 aromatic carbocycles. The molecule has 3 aromatic rings. The number of hydrogen-bond acceptors (Lipinski definition) is 7. The number of nitrogens with zero attached hydrogens (tertiary/aromatic N) is 5. The Morgan fingerprint density at radius 3 is 2.82 bits per heavy atom. The van der Waals surface area contributed by atoms with Crippen molar-refractivity contribution in [3.05, 3.63) is 30.5 Å². The highest BCUT2D eigenvalue weighted by molar-refractivity contribution is 7.20. The fourth-order valence-electron chi connectivity index (χ4n) is 4.65.